The van der Waals surface area contributed by atoms with Gasteiger partial charge >= 0.3 is 0 Å². The predicted octanol–water partition coefficient (Wildman–Crippen LogP) is 4.89. The fourth-order valence-corrected chi connectivity index (χ4v) is 4.02. The molecule has 2 aromatic carbocycles. The highest BCUT2D eigenvalue weighted by atomic mass is 35.5. The lowest BCUT2D eigenvalue weighted by Gasteiger charge is -2.17. The Morgan fingerprint density at radius 2 is 2.00 bits per heavy atom. The number of aromatic nitrogens is 3. The van der Waals surface area contributed by atoms with Crippen molar-refractivity contribution in [3.63, 3.8) is 0 Å². The molecule has 1 aromatic heterocycles. The molecule has 9 heteroatoms. The monoisotopic (exact) mass is 480 g/mol. The molecule has 3 aromatic rings. The Balaban J connectivity index is 1.35. The highest BCUT2D eigenvalue weighted by Gasteiger charge is 2.14. The second-order valence-electron chi connectivity index (χ2n) is 8.32. The average molecular weight is 481 g/mol. The minimum absolute atomic E-state index is 0.0143. The third kappa shape index (κ3) is 6.36. The van der Waals surface area contributed by atoms with Crippen LogP contribution < -0.4 is 10.1 Å². The lowest BCUT2D eigenvalue weighted by Crippen LogP contribution is -2.25. The number of phenols is 1. The summed E-state index contributed by atoms with van der Waals surface area (Å²) >= 11 is 6.17. The second kappa shape index (κ2) is 11.2. The van der Waals surface area contributed by atoms with E-state index in [-0.39, 0.29) is 17.5 Å². The van der Waals surface area contributed by atoms with Crippen molar-refractivity contribution in [1.29, 1.82) is 5.41 Å². The van der Waals surface area contributed by atoms with Gasteiger partial charge in [-0.15, -0.1) is 10.2 Å². The van der Waals surface area contributed by atoms with Crippen LogP contribution >= 0.6 is 11.6 Å². The second-order valence-corrected chi connectivity index (χ2v) is 8.75. The first-order chi connectivity index (χ1) is 16.5. The van der Waals surface area contributed by atoms with Gasteiger partial charge in [0.25, 0.3) is 0 Å². The zero-order valence-corrected chi connectivity index (χ0v) is 19.8. The summed E-state index contributed by atoms with van der Waals surface area (Å²) in [5, 5.41) is 29.8. The quantitative estimate of drug-likeness (QED) is 0.256. The van der Waals surface area contributed by atoms with Gasteiger partial charge in [0.05, 0.1) is 5.69 Å². The Bertz CT molecular complexity index is 1140. The largest absolute Gasteiger partial charge is 0.508 e. The molecule has 178 valence electrons. The molecule has 8 nitrogen and oxygen atoms in total. The van der Waals surface area contributed by atoms with Crippen molar-refractivity contribution < 1.29 is 9.84 Å². The Hall–Kier alpha value is -3.36. The van der Waals surface area contributed by atoms with Crippen LogP contribution in [0.3, 0.4) is 0 Å². The number of nitrogens with zero attached hydrogens (tertiary/aromatic N) is 3. The van der Waals surface area contributed by atoms with E-state index in [1.54, 1.807) is 36.4 Å². The molecular formula is C25H29ClN6O2. The van der Waals surface area contributed by atoms with E-state index in [1.165, 1.54) is 12.8 Å². The van der Waals surface area contributed by atoms with E-state index in [0.717, 1.165) is 25.2 Å². The van der Waals surface area contributed by atoms with Gasteiger partial charge in [-0.1, -0.05) is 30.7 Å². The van der Waals surface area contributed by atoms with Crippen LogP contribution in [-0.4, -0.2) is 57.3 Å². The maximum Gasteiger partial charge on any atom is 0.154 e. The van der Waals surface area contributed by atoms with Gasteiger partial charge in [0.2, 0.25) is 0 Å². The molecule has 1 aliphatic rings. The number of halogens is 1. The fraction of sp³-hybridized carbons (Fsp3) is 0.320. The predicted molar refractivity (Wildman–Crippen MR) is 135 cm³/mol. The van der Waals surface area contributed by atoms with Crippen LogP contribution in [0.2, 0.25) is 5.02 Å². The molecule has 34 heavy (non-hydrogen) atoms. The SMILES string of the molecule is C[C@@H](c1ccc(O)cc1)c1nnc(/C=C\C(=N)Nc2cc(Cl)ccc2OCCN2CCCC2)[nH]1. The first-order valence-corrected chi connectivity index (χ1v) is 11.8. The zero-order valence-electron chi connectivity index (χ0n) is 19.1. The van der Waals surface area contributed by atoms with Gasteiger partial charge in [0.1, 0.15) is 29.8 Å². The molecule has 1 atom stereocenters. The highest BCUT2D eigenvalue weighted by molar-refractivity contribution is 6.31. The molecule has 1 fully saturated rings. The maximum absolute atomic E-state index is 9.47. The topological polar surface area (TPSA) is 110 Å². The van der Waals surface area contributed by atoms with E-state index in [2.05, 4.69) is 25.4 Å². The summed E-state index contributed by atoms with van der Waals surface area (Å²) in [5.74, 6) is 2.28. The van der Waals surface area contributed by atoms with Crippen LogP contribution in [0.15, 0.2) is 48.5 Å². The van der Waals surface area contributed by atoms with E-state index in [9.17, 15) is 5.11 Å². The first kappa shape index (κ1) is 23.8. The van der Waals surface area contributed by atoms with E-state index in [0.29, 0.717) is 34.7 Å². The summed E-state index contributed by atoms with van der Waals surface area (Å²) in [4.78, 5) is 5.56. The van der Waals surface area contributed by atoms with Crippen LogP contribution in [0.4, 0.5) is 5.69 Å². The van der Waals surface area contributed by atoms with E-state index >= 15 is 0 Å². The number of H-pyrrole nitrogens is 1. The number of benzene rings is 2. The van der Waals surface area contributed by atoms with Crippen LogP contribution in [0.5, 0.6) is 11.5 Å². The molecule has 1 saturated heterocycles. The van der Waals surface area contributed by atoms with Crippen molar-refractivity contribution in [3.8, 4) is 11.5 Å². The lowest BCUT2D eigenvalue weighted by atomic mass is 10.0. The number of likely N-dealkylation sites (tertiary alicyclic amines) is 1. The molecule has 0 spiro atoms. The lowest BCUT2D eigenvalue weighted by molar-refractivity contribution is 0.238. The average Bonchev–Trinajstić information content (AvgIpc) is 3.51. The van der Waals surface area contributed by atoms with Gasteiger partial charge in [-0.05, 0) is 74.0 Å². The normalized spacial score (nSPS) is 15.0. The summed E-state index contributed by atoms with van der Waals surface area (Å²) in [6.07, 6.45) is 5.79. The number of amidine groups is 1. The Morgan fingerprint density at radius 3 is 2.76 bits per heavy atom. The van der Waals surface area contributed by atoms with E-state index < -0.39 is 0 Å². The Morgan fingerprint density at radius 1 is 1.24 bits per heavy atom. The Labute approximate surface area is 204 Å². The number of hydrogen-bond donors (Lipinski definition) is 4. The number of rotatable bonds is 9. The number of aromatic hydroxyl groups is 1. The molecule has 0 radical (unpaired) electrons. The van der Waals surface area contributed by atoms with Gasteiger partial charge in [-0.2, -0.15) is 0 Å². The first-order valence-electron chi connectivity index (χ1n) is 11.4. The van der Waals surface area contributed by atoms with Crippen molar-refractivity contribution in [2.75, 3.05) is 31.6 Å². The molecule has 0 aliphatic carbocycles. The third-order valence-corrected chi connectivity index (χ3v) is 6.04. The van der Waals surface area contributed by atoms with Crippen LogP contribution in [-0.2, 0) is 0 Å². The van der Waals surface area contributed by atoms with Gasteiger partial charge in [-0.25, -0.2) is 0 Å². The summed E-state index contributed by atoms with van der Waals surface area (Å²) in [6, 6.07) is 12.4. The number of hydrogen-bond acceptors (Lipinski definition) is 6. The third-order valence-electron chi connectivity index (χ3n) is 5.81. The summed E-state index contributed by atoms with van der Waals surface area (Å²) < 4.78 is 5.97. The number of phenolic OH excluding ortho intramolecular Hbond substituents is 1. The molecule has 1 aliphatic heterocycles. The molecule has 4 rings (SSSR count). The minimum atomic E-state index is -0.0143. The molecule has 2 heterocycles. The molecule has 4 N–H and O–H groups in total. The van der Waals surface area contributed by atoms with Crippen LogP contribution in [0.25, 0.3) is 6.08 Å². The standard InChI is InChI=1S/C25H29ClN6O2/c1-17(18-4-7-20(33)8-5-18)25-29-24(30-31-25)11-10-23(27)28-21-16-19(26)6-9-22(21)34-15-14-32-12-2-3-13-32/h4-11,16-17,33H,2-3,12-15H2,1H3,(H2,27,28)(H,29,30,31)/b11-10-/t17-/m0/s1. The van der Waals surface area contributed by atoms with Crippen molar-refractivity contribution in [3.05, 3.63) is 70.8 Å². The fourth-order valence-electron chi connectivity index (χ4n) is 3.85. The van der Waals surface area contributed by atoms with Gasteiger partial charge in [0, 0.05) is 17.5 Å². The van der Waals surface area contributed by atoms with Crippen molar-refractivity contribution in [2.24, 2.45) is 0 Å². The summed E-state index contributed by atoms with van der Waals surface area (Å²) in [5.41, 5.74) is 1.65. The number of anilines is 1. The van der Waals surface area contributed by atoms with Crippen molar-refractivity contribution in [2.45, 2.75) is 25.7 Å². The van der Waals surface area contributed by atoms with Gasteiger partial charge in [-0.3, -0.25) is 10.3 Å². The zero-order chi connectivity index (χ0) is 23.9. The van der Waals surface area contributed by atoms with E-state index in [1.807, 2.05) is 25.1 Å². The van der Waals surface area contributed by atoms with Crippen LogP contribution in [0.1, 0.15) is 42.9 Å². The molecule has 0 unspecified atom stereocenters. The van der Waals surface area contributed by atoms with Crippen molar-refractivity contribution >= 4 is 29.2 Å². The minimum Gasteiger partial charge on any atom is -0.508 e. The van der Waals surface area contributed by atoms with Crippen molar-refractivity contribution in [1.82, 2.24) is 20.1 Å². The summed E-state index contributed by atoms with van der Waals surface area (Å²) in [7, 11) is 0. The van der Waals surface area contributed by atoms with Gasteiger partial charge < -0.3 is 20.1 Å². The number of aromatic amines is 1. The van der Waals surface area contributed by atoms with Crippen LogP contribution in [0, 0.1) is 5.41 Å². The smallest absolute Gasteiger partial charge is 0.154 e. The van der Waals surface area contributed by atoms with E-state index in [4.69, 9.17) is 21.7 Å². The molecular weight excluding hydrogens is 452 g/mol. The highest BCUT2D eigenvalue weighted by Crippen LogP contribution is 2.28. The molecule has 0 saturated carbocycles. The molecule has 0 bridgehead atoms. The van der Waals surface area contributed by atoms with Gasteiger partial charge in [0.15, 0.2) is 5.82 Å². The summed E-state index contributed by atoms with van der Waals surface area (Å²) in [6.45, 7) is 5.73. The number of nitrogens with one attached hydrogen (secondary N) is 3. The molecule has 0 amide bonds. The maximum atomic E-state index is 9.47. The number of ether oxygens (including phenoxy) is 1. The Kier molecular flexibility index (Phi) is 7.82.